The average molecular weight is 243 g/mol. The summed E-state index contributed by atoms with van der Waals surface area (Å²) in [6.07, 6.45) is -0.981. The lowest BCUT2D eigenvalue weighted by molar-refractivity contribution is 0.0696. The smallest absolute Gasteiger partial charge is 0.335 e. The van der Waals surface area contributed by atoms with Crippen molar-refractivity contribution in [3.8, 4) is 0 Å². The number of aliphatic hydroxyl groups excluding tert-OH is 2. The van der Waals surface area contributed by atoms with Crippen LogP contribution < -0.4 is 5.32 Å². The summed E-state index contributed by atoms with van der Waals surface area (Å²) >= 11 is 0. The van der Waals surface area contributed by atoms with E-state index in [0.29, 0.717) is 0 Å². The molecule has 0 aliphatic carbocycles. The molecule has 4 N–H and O–H groups in total. The summed E-state index contributed by atoms with van der Waals surface area (Å²) in [6.45, 7) is 1.08. The first-order chi connectivity index (χ1) is 7.95. The van der Waals surface area contributed by atoms with Gasteiger partial charge in [-0.3, -0.25) is 0 Å². The maximum Gasteiger partial charge on any atom is 0.335 e. The number of carbonyl (C=O) groups is 1. The number of aromatic carboxylic acids is 1. The first kappa shape index (κ1) is 13.4. The second kappa shape index (κ2) is 5.60. The molecule has 1 aromatic carbocycles. The van der Waals surface area contributed by atoms with E-state index in [0.717, 1.165) is 6.07 Å². The van der Waals surface area contributed by atoms with Gasteiger partial charge in [0.2, 0.25) is 0 Å². The second-order valence-electron chi connectivity index (χ2n) is 3.65. The van der Waals surface area contributed by atoms with Crippen LogP contribution in [0.1, 0.15) is 15.9 Å². The van der Waals surface area contributed by atoms with Crippen LogP contribution in [0.15, 0.2) is 12.1 Å². The lowest BCUT2D eigenvalue weighted by atomic mass is 10.1. The normalized spacial score (nSPS) is 12.2. The molecule has 0 aromatic heterocycles. The highest BCUT2D eigenvalue weighted by atomic mass is 19.1. The van der Waals surface area contributed by atoms with Gasteiger partial charge < -0.3 is 20.6 Å². The van der Waals surface area contributed by atoms with E-state index in [1.165, 1.54) is 13.0 Å². The molecule has 0 bridgehead atoms. The fourth-order valence-corrected chi connectivity index (χ4v) is 1.28. The monoisotopic (exact) mass is 243 g/mol. The molecule has 0 aliphatic heterocycles. The largest absolute Gasteiger partial charge is 0.478 e. The summed E-state index contributed by atoms with van der Waals surface area (Å²) in [5.41, 5.74) is 0.379. The number of benzene rings is 1. The number of carboxylic acids is 1. The Labute approximate surface area is 97.5 Å². The molecule has 5 nitrogen and oxygen atoms in total. The number of anilines is 1. The third-order valence-electron chi connectivity index (χ3n) is 2.33. The maximum atomic E-state index is 13.4. The Balaban J connectivity index is 2.93. The molecule has 0 saturated carbocycles. The van der Waals surface area contributed by atoms with Crippen LogP contribution in [0.5, 0.6) is 0 Å². The van der Waals surface area contributed by atoms with Crippen LogP contribution in [0.3, 0.4) is 0 Å². The topological polar surface area (TPSA) is 89.8 Å². The number of hydrogen-bond donors (Lipinski definition) is 4. The molecular formula is C11H14FNO4. The molecule has 0 amide bonds. The van der Waals surface area contributed by atoms with Crippen molar-refractivity contribution >= 4 is 11.7 Å². The predicted molar refractivity (Wildman–Crippen MR) is 59.7 cm³/mol. The van der Waals surface area contributed by atoms with Crippen molar-refractivity contribution < 1.29 is 24.5 Å². The zero-order valence-corrected chi connectivity index (χ0v) is 9.27. The van der Waals surface area contributed by atoms with Gasteiger partial charge in [0, 0.05) is 17.8 Å². The van der Waals surface area contributed by atoms with Gasteiger partial charge in [0.25, 0.3) is 0 Å². The first-order valence-corrected chi connectivity index (χ1v) is 5.02. The van der Waals surface area contributed by atoms with E-state index in [1.54, 1.807) is 0 Å². The van der Waals surface area contributed by atoms with Crippen molar-refractivity contribution in [1.29, 1.82) is 0 Å². The number of carboxylic acid groups (broad SMARTS) is 1. The van der Waals surface area contributed by atoms with E-state index in [4.69, 9.17) is 15.3 Å². The van der Waals surface area contributed by atoms with Gasteiger partial charge in [-0.2, -0.15) is 0 Å². The SMILES string of the molecule is Cc1c(F)cc(C(=O)O)cc1NCC(O)CO. The molecule has 0 spiro atoms. The lowest BCUT2D eigenvalue weighted by Gasteiger charge is -2.13. The van der Waals surface area contributed by atoms with Gasteiger partial charge in [0.05, 0.1) is 18.3 Å². The Morgan fingerprint density at radius 2 is 2.18 bits per heavy atom. The Bertz CT molecular complexity index is 422. The van der Waals surface area contributed by atoms with E-state index in [-0.39, 0.29) is 23.4 Å². The standard InChI is InChI=1S/C11H14FNO4/c1-6-9(12)2-7(11(16)17)3-10(6)13-4-8(15)5-14/h2-3,8,13-15H,4-5H2,1H3,(H,16,17). The Morgan fingerprint density at radius 3 is 2.71 bits per heavy atom. The zero-order chi connectivity index (χ0) is 13.0. The molecule has 0 radical (unpaired) electrons. The zero-order valence-electron chi connectivity index (χ0n) is 9.27. The summed E-state index contributed by atoms with van der Waals surface area (Å²) in [7, 11) is 0. The summed E-state index contributed by atoms with van der Waals surface area (Å²) in [4.78, 5) is 10.7. The molecular weight excluding hydrogens is 229 g/mol. The fraction of sp³-hybridized carbons (Fsp3) is 0.364. The van der Waals surface area contributed by atoms with Crippen molar-refractivity contribution in [3.63, 3.8) is 0 Å². The molecule has 1 unspecified atom stereocenters. The molecule has 0 heterocycles. The molecule has 17 heavy (non-hydrogen) atoms. The van der Waals surface area contributed by atoms with Crippen molar-refractivity contribution in [1.82, 2.24) is 0 Å². The number of aliphatic hydroxyl groups is 2. The number of hydrogen-bond acceptors (Lipinski definition) is 4. The van der Waals surface area contributed by atoms with Crippen LogP contribution in [0.4, 0.5) is 10.1 Å². The molecule has 1 atom stereocenters. The highest BCUT2D eigenvalue weighted by molar-refractivity contribution is 5.89. The van der Waals surface area contributed by atoms with Crippen LogP contribution in [-0.4, -0.2) is 40.5 Å². The van der Waals surface area contributed by atoms with Crippen LogP contribution in [0, 0.1) is 12.7 Å². The van der Waals surface area contributed by atoms with Crippen LogP contribution in [-0.2, 0) is 0 Å². The van der Waals surface area contributed by atoms with Gasteiger partial charge in [-0.15, -0.1) is 0 Å². The first-order valence-electron chi connectivity index (χ1n) is 5.02. The van der Waals surface area contributed by atoms with E-state index < -0.39 is 24.5 Å². The van der Waals surface area contributed by atoms with Crippen molar-refractivity contribution in [2.75, 3.05) is 18.5 Å². The van der Waals surface area contributed by atoms with Crippen molar-refractivity contribution in [2.45, 2.75) is 13.0 Å². The minimum atomic E-state index is -1.23. The molecule has 1 rings (SSSR count). The van der Waals surface area contributed by atoms with E-state index in [1.807, 2.05) is 0 Å². The lowest BCUT2D eigenvalue weighted by Crippen LogP contribution is -2.23. The minimum Gasteiger partial charge on any atom is -0.478 e. The summed E-state index contributed by atoms with van der Waals surface area (Å²) in [6, 6.07) is 2.22. The van der Waals surface area contributed by atoms with E-state index in [2.05, 4.69) is 5.32 Å². The third kappa shape index (κ3) is 3.40. The average Bonchev–Trinajstić information content (AvgIpc) is 2.30. The molecule has 0 fully saturated rings. The van der Waals surface area contributed by atoms with Crippen molar-refractivity contribution in [2.24, 2.45) is 0 Å². The van der Waals surface area contributed by atoms with Gasteiger partial charge in [-0.25, -0.2) is 9.18 Å². The summed E-state index contributed by atoms with van der Waals surface area (Å²) < 4.78 is 13.4. The van der Waals surface area contributed by atoms with Gasteiger partial charge in [0.1, 0.15) is 5.82 Å². The van der Waals surface area contributed by atoms with Gasteiger partial charge in [0.15, 0.2) is 0 Å². The van der Waals surface area contributed by atoms with Gasteiger partial charge in [-0.1, -0.05) is 0 Å². The fourth-order valence-electron chi connectivity index (χ4n) is 1.28. The molecule has 1 aromatic rings. The summed E-state index contributed by atoms with van der Waals surface area (Å²) in [5.74, 6) is -1.86. The quantitative estimate of drug-likeness (QED) is 0.608. The van der Waals surface area contributed by atoms with E-state index >= 15 is 0 Å². The highest BCUT2D eigenvalue weighted by Gasteiger charge is 2.12. The van der Waals surface area contributed by atoms with Gasteiger partial charge >= 0.3 is 5.97 Å². The van der Waals surface area contributed by atoms with Gasteiger partial charge in [-0.05, 0) is 19.1 Å². The summed E-state index contributed by atoms with van der Waals surface area (Å²) in [5, 5.41) is 29.2. The van der Waals surface area contributed by atoms with Crippen LogP contribution in [0.25, 0.3) is 0 Å². The molecule has 0 saturated heterocycles. The second-order valence-corrected chi connectivity index (χ2v) is 3.65. The molecule has 0 aliphatic rings. The van der Waals surface area contributed by atoms with Crippen molar-refractivity contribution in [3.05, 3.63) is 29.1 Å². The number of nitrogens with one attached hydrogen (secondary N) is 1. The molecule has 94 valence electrons. The Morgan fingerprint density at radius 1 is 1.53 bits per heavy atom. The molecule has 6 heteroatoms. The maximum absolute atomic E-state index is 13.4. The third-order valence-corrected chi connectivity index (χ3v) is 2.33. The Kier molecular flexibility index (Phi) is 4.42. The highest BCUT2D eigenvalue weighted by Crippen LogP contribution is 2.20. The van der Waals surface area contributed by atoms with Crippen LogP contribution >= 0.6 is 0 Å². The number of rotatable bonds is 5. The van der Waals surface area contributed by atoms with Crippen LogP contribution in [0.2, 0.25) is 0 Å². The predicted octanol–water partition coefficient (Wildman–Crippen LogP) is 0.597. The number of halogens is 1. The van der Waals surface area contributed by atoms with E-state index in [9.17, 15) is 9.18 Å². The minimum absolute atomic E-state index is 0.0137. The Hall–Kier alpha value is -1.66.